The van der Waals surface area contributed by atoms with Gasteiger partial charge in [0, 0.05) is 13.5 Å². The fourth-order valence-corrected chi connectivity index (χ4v) is 3.07. The van der Waals surface area contributed by atoms with E-state index in [9.17, 15) is 19.2 Å². The first-order valence-electron chi connectivity index (χ1n) is 7.55. The molecule has 2 aliphatic heterocycles. The minimum Gasteiger partial charge on any atom is -0.460 e. The highest BCUT2D eigenvalue weighted by molar-refractivity contribution is 5.97. The maximum absolute atomic E-state index is 12.1. The molecule has 2 fully saturated rings. The predicted octanol–water partition coefficient (Wildman–Crippen LogP) is -2.13. The number of esters is 1. The van der Waals surface area contributed by atoms with Crippen LogP contribution < -0.4 is 16.4 Å². The van der Waals surface area contributed by atoms with Crippen LogP contribution in [0.3, 0.4) is 0 Å². The van der Waals surface area contributed by atoms with E-state index in [0.29, 0.717) is 6.54 Å². The molecule has 128 valence electrons. The number of ether oxygens (including phenoxy) is 1. The first kappa shape index (κ1) is 17.2. The van der Waals surface area contributed by atoms with E-state index in [1.165, 1.54) is 18.7 Å². The van der Waals surface area contributed by atoms with Crippen molar-refractivity contribution in [2.24, 2.45) is 5.73 Å². The lowest BCUT2D eigenvalue weighted by atomic mass is 9.87. The van der Waals surface area contributed by atoms with E-state index in [4.69, 9.17) is 10.5 Å². The van der Waals surface area contributed by atoms with Crippen molar-refractivity contribution in [3.63, 3.8) is 0 Å². The molecule has 9 nitrogen and oxygen atoms in total. The summed E-state index contributed by atoms with van der Waals surface area (Å²) in [4.78, 5) is 47.9. The topological polar surface area (TPSA) is 131 Å². The molecule has 0 aromatic rings. The quantitative estimate of drug-likeness (QED) is 0.377. The third-order valence-electron chi connectivity index (χ3n) is 4.18. The molecule has 3 amide bonds. The van der Waals surface area contributed by atoms with Gasteiger partial charge in [0.25, 0.3) is 0 Å². The van der Waals surface area contributed by atoms with E-state index in [0.717, 1.165) is 19.4 Å². The Labute approximate surface area is 133 Å². The third kappa shape index (κ3) is 3.61. The van der Waals surface area contributed by atoms with Crippen LogP contribution in [-0.4, -0.2) is 65.9 Å². The van der Waals surface area contributed by atoms with Crippen LogP contribution in [0.2, 0.25) is 0 Å². The smallest absolute Gasteiger partial charge is 0.302 e. The van der Waals surface area contributed by atoms with Gasteiger partial charge in [-0.1, -0.05) is 0 Å². The summed E-state index contributed by atoms with van der Waals surface area (Å²) in [7, 11) is 0. The van der Waals surface area contributed by atoms with Crippen LogP contribution in [-0.2, 0) is 23.9 Å². The van der Waals surface area contributed by atoms with Gasteiger partial charge in [-0.3, -0.25) is 19.2 Å². The fraction of sp³-hybridized carbons (Fsp3) is 0.714. The molecule has 9 heteroatoms. The summed E-state index contributed by atoms with van der Waals surface area (Å²) in [6, 6.07) is -1.14. The highest BCUT2D eigenvalue weighted by Gasteiger charge is 2.53. The molecule has 2 aliphatic rings. The molecule has 0 radical (unpaired) electrons. The highest BCUT2D eigenvalue weighted by atomic mass is 16.5. The molecular formula is C14H22N4O5. The minimum absolute atomic E-state index is 0.103. The molecule has 2 rings (SSSR count). The first-order chi connectivity index (χ1) is 10.7. The number of carbonyl (C=O) groups excluding carboxylic acids is 4. The Hall–Kier alpha value is -2.16. The number of rotatable bonds is 6. The van der Waals surface area contributed by atoms with Crippen molar-refractivity contribution in [3.8, 4) is 0 Å². The summed E-state index contributed by atoms with van der Waals surface area (Å²) in [5, 5.41) is 5.58. The van der Waals surface area contributed by atoms with Gasteiger partial charge >= 0.3 is 5.97 Å². The van der Waals surface area contributed by atoms with Crippen molar-refractivity contribution in [1.29, 1.82) is 0 Å². The van der Waals surface area contributed by atoms with Gasteiger partial charge in [0.05, 0.1) is 6.54 Å². The molecule has 0 saturated carbocycles. The van der Waals surface area contributed by atoms with Crippen molar-refractivity contribution >= 4 is 23.7 Å². The largest absolute Gasteiger partial charge is 0.460 e. The van der Waals surface area contributed by atoms with E-state index in [1.54, 1.807) is 0 Å². The summed E-state index contributed by atoms with van der Waals surface area (Å²) in [6.07, 6.45) is 0.830. The van der Waals surface area contributed by atoms with E-state index < -0.39 is 35.5 Å². The lowest BCUT2D eigenvalue weighted by molar-refractivity contribution is -0.155. The molecule has 0 aromatic heterocycles. The number of nitrogens with two attached hydrogens (primary N) is 1. The van der Waals surface area contributed by atoms with Crippen molar-refractivity contribution in [2.45, 2.75) is 44.4 Å². The van der Waals surface area contributed by atoms with E-state index >= 15 is 0 Å². The van der Waals surface area contributed by atoms with Crippen LogP contribution in [0.5, 0.6) is 0 Å². The van der Waals surface area contributed by atoms with Gasteiger partial charge in [-0.25, -0.2) is 0 Å². The van der Waals surface area contributed by atoms with Crippen molar-refractivity contribution in [2.75, 3.05) is 19.6 Å². The predicted molar refractivity (Wildman–Crippen MR) is 78.9 cm³/mol. The van der Waals surface area contributed by atoms with Crippen LogP contribution in [0.4, 0.5) is 0 Å². The SMILES string of the molecule is CC(=O)O[C@H](C)[C@H](NC(=O)CN1CC2(CCCN2)C1=O)C(N)=O. The van der Waals surface area contributed by atoms with E-state index in [1.807, 2.05) is 0 Å². The molecule has 0 aliphatic carbocycles. The first-order valence-corrected chi connectivity index (χ1v) is 7.55. The normalized spacial score (nSPS) is 25.7. The Morgan fingerprint density at radius 3 is 2.65 bits per heavy atom. The second-order valence-corrected chi connectivity index (χ2v) is 6.04. The van der Waals surface area contributed by atoms with E-state index in [2.05, 4.69) is 10.6 Å². The van der Waals surface area contributed by atoms with Gasteiger partial charge in [0.1, 0.15) is 17.7 Å². The summed E-state index contributed by atoms with van der Waals surface area (Å²) in [5.41, 5.74) is 4.72. The van der Waals surface area contributed by atoms with Crippen molar-refractivity contribution in [3.05, 3.63) is 0 Å². The number of primary amides is 1. The van der Waals surface area contributed by atoms with Gasteiger partial charge < -0.3 is 26.0 Å². The second kappa shape index (κ2) is 6.53. The average Bonchev–Trinajstić information content (AvgIpc) is 2.94. The van der Waals surface area contributed by atoms with Gasteiger partial charge in [-0.15, -0.1) is 0 Å². The zero-order valence-electron chi connectivity index (χ0n) is 13.3. The van der Waals surface area contributed by atoms with Gasteiger partial charge in [-0.05, 0) is 26.3 Å². The van der Waals surface area contributed by atoms with Crippen LogP contribution in [0, 0.1) is 0 Å². The zero-order chi connectivity index (χ0) is 17.2. The standard InChI is InChI=1S/C14H22N4O5/c1-8(23-9(2)19)11(12(15)21)17-10(20)6-18-7-14(13(18)22)4-3-5-16-14/h8,11,16H,3-7H2,1-2H3,(H2,15,21)(H,17,20)/t8-,11+,14?/m1/s1. The third-order valence-corrected chi connectivity index (χ3v) is 4.18. The number of β-lactam (4-membered cyclic amide) rings is 1. The molecule has 0 bridgehead atoms. The summed E-state index contributed by atoms with van der Waals surface area (Å²) in [6.45, 7) is 3.78. The molecule has 3 atom stereocenters. The van der Waals surface area contributed by atoms with Gasteiger partial charge in [-0.2, -0.15) is 0 Å². The second-order valence-electron chi connectivity index (χ2n) is 6.04. The Bertz CT molecular complexity index is 529. The monoisotopic (exact) mass is 326 g/mol. The van der Waals surface area contributed by atoms with Gasteiger partial charge in [0.15, 0.2) is 0 Å². The Morgan fingerprint density at radius 2 is 2.17 bits per heavy atom. The van der Waals surface area contributed by atoms with Crippen LogP contribution in [0.15, 0.2) is 0 Å². The lowest BCUT2D eigenvalue weighted by Gasteiger charge is -2.46. The molecule has 4 N–H and O–H groups in total. The Kier molecular flexibility index (Phi) is 4.88. The maximum atomic E-state index is 12.1. The molecule has 0 aromatic carbocycles. The fourth-order valence-electron chi connectivity index (χ4n) is 3.07. The summed E-state index contributed by atoms with van der Waals surface area (Å²) in [5.74, 6) is -2.01. The molecule has 1 unspecified atom stereocenters. The lowest BCUT2D eigenvalue weighted by Crippen LogP contribution is -2.72. The number of nitrogens with zero attached hydrogens (tertiary/aromatic N) is 1. The van der Waals surface area contributed by atoms with Crippen molar-refractivity contribution in [1.82, 2.24) is 15.5 Å². The molecule has 2 heterocycles. The maximum Gasteiger partial charge on any atom is 0.302 e. The molecule has 1 spiro atoms. The van der Waals surface area contributed by atoms with E-state index in [-0.39, 0.29) is 12.5 Å². The number of hydrogen-bond donors (Lipinski definition) is 3. The number of amides is 3. The zero-order valence-corrected chi connectivity index (χ0v) is 13.3. The Balaban J connectivity index is 1.86. The molecular weight excluding hydrogens is 304 g/mol. The number of hydrogen-bond acceptors (Lipinski definition) is 6. The highest BCUT2D eigenvalue weighted by Crippen LogP contribution is 2.30. The van der Waals surface area contributed by atoms with Crippen LogP contribution in [0.1, 0.15) is 26.7 Å². The molecule has 2 saturated heterocycles. The summed E-state index contributed by atoms with van der Waals surface area (Å²) >= 11 is 0. The minimum atomic E-state index is -1.14. The average molecular weight is 326 g/mol. The van der Waals surface area contributed by atoms with Crippen LogP contribution >= 0.6 is 0 Å². The van der Waals surface area contributed by atoms with Crippen molar-refractivity contribution < 1.29 is 23.9 Å². The number of likely N-dealkylation sites (tertiary alicyclic amines) is 1. The number of carbonyl (C=O) groups is 4. The van der Waals surface area contributed by atoms with Gasteiger partial charge in [0.2, 0.25) is 17.7 Å². The Morgan fingerprint density at radius 1 is 1.48 bits per heavy atom. The molecule has 23 heavy (non-hydrogen) atoms. The van der Waals surface area contributed by atoms with Crippen LogP contribution in [0.25, 0.3) is 0 Å². The summed E-state index contributed by atoms with van der Waals surface area (Å²) < 4.78 is 4.87. The number of nitrogens with one attached hydrogen (secondary N) is 2.